The van der Waals surface area contributed by atoms with Crippen molar-refractivity contribution in [2.75, 3.05) is 0 Å². The molecule has 0 radical (unpaired) electrons. The summed E-state index contributed by atoms with van der Waals surface area (Å²) >= 11 is 0. The van der Waals surface area contributed by atoms with Crippen molar-refractivity contribution in [2.24, 2.45) is 11.8 Å². The molecule has 0 bridgehead atoms. The van der Waals surface area contributed by atoms with Gasteiger partial charge in [0.15, 0.2) is 5.78 Å². The third-order valence-electron chi connectivity index (χ3n) is 4.98. The highest BCUT2D eigenvalue weighted by molar-refractivity contribution is 6.00. The van der Waals surface area contributed by atoms with Gasteiger partial charge in [0.05, 0.1) is 0 Å². The maximum absolute atomic E-state index is 12.4. The van der Waals surface area contributed by atoms with Crippen LogP contribution < -0.4 is 0 Å². The number of hydrogen-bond acceptors (Lipinski definition) is 1. The highest BCUT2D eigenvalue weighted by Crippen LogP contribution is 2.40. The van der Waals surface area contributed by atoms with Crippen molar-refractivity contribution in [3.05, 3.63) is 41.5 Å². The van der Waals surface area contributed by atoms with Crippen molar-refractivity contribution in [3.63, 3.8) is 0 Å². The molecular weight excluding hydrogens is 244 g/mol. The Hall–Kier alpha value is -1.37. The number of Topliss-reactive ketones (excluding diaryl/α,β-unsaturated/α-hetero) is 1. The van der Waals surface area contributed by atoms with Crippen molar-refractivity contribution in [3.8, 4) is 0 Å². The Bertz CT molecular complexity index is 480. The minimum atomic E-state index is 0.399. The van der Waals surface area contributed by atoms with Crippen LogP contribution in [0, 0.1) is 11.8 Å². The average molecular weight is 268 g/mol. The summed E-state index contributed by atoms with van der Waals surface area (Å²) in [6.45, 7) is 0. The maximum atomic E-state index is 12.4. The normalized spacial score (nSPS) is 26.9. The van der Waals surface area contributed by atoms with Crippen LogP contribution in [0.2, 0.25) is 0 Å². The molecule has 2 aliphatic rings. The molecule has 2 fully saturated rings. The summed E-state index contributed by atoms with van der Waals surface area (Å²) in [5.41, 5.74) is 2.30. The molecule has 1 aromatic carbocycles. The van der Waals surface area contributed by atoms with E-state index in [9.17, 15) is 4.79 Å². The van der Waals surface area contributed by atoms with Gasteiger partial charge in [-0.1, -0.05) is 49.6 Å². The Balaban J connectivity index is 1.86. The summed E-state index contributed by atoms with van der Waals surface area (Å²) < 4.78 is 0. The molecule has 1 atom stereocenters. The van der Waals surface area contributed by atoms with Crippen molar-refractivity contribution in [1.29, 1.82) is 0 Å². The second-order valence-electron chi connectivity index (χ2n) is 6.33. The van der Waals surface area contributed by atoms with Crippen LogP contribution in [0.4, 0.5) is 0 Å². The number of allylic oxidation sites excluding steroid dienone is 1. The largest absolute Gasteiger partial charge is 0.295 e. The molecule has 2 aliphatic carbocycles. The topological polar surface area (TPSA) is 17.1 Å². The van der Waals surface area contributed by atoms with E-state index in [2.05, 4.69) is 30.3 Å². The Morgan fingerprint density at radius 2 is 1.65 bits per heavy atom. The van der Waals surface area contributed by atoms with E-state index in [1.807, 2.05) is 6.07 Å². The van der Waals surface area contributed by atoms with E-state index in [0.29, 0.717) is 11.7 Å². The second-order valence-corrected chi connectivity index (χ2v) is 6.33. The lowest BCUT2D eigenvalue weighted by Gasteiger charge is -2.34. The Morgan fingerprint density at radius 1 is 0.900 bits per heavy atom. The van der Waals surface area contributed by atoms with Gasteiger partial charge in [0.2, 0.25) is 0 Å². The van der Waals surface area contributed by atoms with E-state index in [1.54, 1.807) is 0 Å². The van der Waals surface area contributed by atoms with E-state index in [4.69, 9.17) is 0 Å². The lowest BCUT2D eigenvalue weighted by molar-refractivity contribution is -0.117. The highest BCUT2D eigenvalue weighted by Gasteiger charge is 2.32. The van der Waals surface area contributed by atoms with Crippen LogP contribution in [0.5, 0.6) is 0 Å². The number of carbonyl (C=O) groups is 1. The first kappa shape index (κ1) is 13.6. The fourth-order valence-electron chi connectivity index (χ4n) is 3.93. The van der Waals surface area contributed by atoms with E-state index < -0.39 is 0 Å². The van der Waals surface area contributed by atoms with Crippen molar-refractivity contribution < 1.29 is 4.79 Å². The summed E-state index contributed by atoms with van der Waals surface area (Å²) in [5, 5.41) is 0. The van der Waals surface area contributed by atoms with Crippen LogP contribution in [0.3, 0.4) is 0 Å². The molecule has 1 unspecified atom stereocenters. The summed E-state index contributed by atoms with van der Waals surface area (Å²) in [4.78, 5) is 12.4. The molecule has 0 aliphatic heterocycles. The molecule has 20 heavy (non-hydrogen) atoms. The Kier molecular flexibility index (Phi) is 4.34. The van der Waals surface area contributed by atoms with Gasteiger partial charge in [-0.15, -0.1) is 0 Å². The zero-order valence-electron chi connectivity index (χ0n) is 12.2. The molecule has 3 rings (SSSR count). The van der Waals surface area contributed by atoms with Crippen LogP contribution in [-0.2, 0) is 4.79 Å². The smallest absolute Gasteiger partial charge is 0.159 e. The molecule has 0 amide bonds. The van der Waals surface area contributed by atoms with Gasteiger partial charge < -0.3 is 0 Å². The fourth-order valence-corrected chi connectivity index (χ4v) is 3.93. The number of ketones is 1. The fraction of sp³-hybridized carbons (Fsp3) is 0.526. The Morgan fingerprint density at radius 3 is 2.40 bits per heavy atom. The number of hydrogen-bond donors (Lipinski definition) is 0. The molecule has 0 saturated heterocycles. The van der Waals surface area contributed by atoms with Gasteiger partial charge in [-0.05, 0) is 54.7 Å². The predicted octanol–water partition coefficient (Wildman–Crippen LogP) is 5.02. The van der Waals surface area contributed by atoms with Crippen LogP contribution in [0.1, 0.15) is 56.9 Å². The summed E-state index contributed by atoms with van der Waals surface area (Å²) in [6, 6.07) is 10.3. The predicted molar refractivity (Wildman–Crippen MR) is 83.3 cm³/mol. The molecule has 0 aromatic heterocycles. The molecule has 1 nitrogen and oxygen atoms in total. The first-order valence-electron chi connectivity index (χ1n) is 8.14. The van der Waals surface area contributed by atoms with Gasteiger partial charge in [0.25, 0.3) is 0 Å². The van der Waals surface area contributed by atoms with Gasteiger partial charge in [-0.3, -0.25) is 4.79 Å². The van der Waals surface area contributed by atoms with Crippen molar-refractivity contribution in [1.82, 2.24) is 0 Å². The van der Waals surface area contributed by atoms with Crippen LogP contribution in [0.25, 0.3) is 6.08 Å². The van der Waals surface area contributed by atoms with E-state index in [-0.39, 0.29) is 0 Å². The molecule has 1 heteroatoms. The number of carbonyl (C=O) groups excluding carboxylic acids is 1. The van der Waals surface area contributed by atoms with Gasteiger partial charge >= 0.3 is 0 Å². The molecule has 0 heterocycles. The molecule has 2 saturated carbocycles. The molecule has 1 aromatic rings. The second kappa shape index (κ2) is 6.39. The van der Waals surface area contributed by atoms with Gasteiger partial charge in [-0.2, -0.15) is 0 Å². The summed E-state index contributed by atoms with van der Waals surface area (Å²) in [5.74, 6) is 1.68. The zero-order chi connectivity index (χ0) is 13.8. The third-order valence-corrected chi connectivity index (χ3v) is 4.98. The SMILES string of the molecule is O=C1CCCC(C2CCCCC2)/C1=C/c1ccccc1. The molecule has 106 valence electrons. The van der Waals surface area contributed by atoms with Crippen LogP contribution in [0.15, 0.2) is 35.9 Å². The summed E-state index contributed by atoms with van der Waals surface area (Å²) in [6.07, 6.45) is 12.0. The first-order valence-corrected chi connectivity index (χ1v) is 8.14. The minimum absolute atomic E-state index is 0.399. The highest BCUT2D eigenvalue weighted by atomic mass is 16.1. The summed E-state index contributed by atoms with van der Waals surface area (Å²) in [7, 11) is 0. The quantitative estimate of drug-likeness (QED) is 0.688. The third kappa shape index (κ3) is 3.03. The van der Waals surface area contributed by atoms with Crippen molar-refractivity contribution >= 4 is 11.9 Å². The first-order chi connectivity index (χ1) is 9.84. The van der Waals surface area contributed by atoms with E-state index in [1.165, 1.54) is 44.1 Å². The lowest BCUT2D eigenvalue weighted by Crippen LogP contribution is -2.27. The van der Waals surface area contributed by atoms with Gasteiger partial charge in [0.1, 0.15) is 0 Å². The minimum Gasteiger partial charge on any atom is -0.295 e. The van der Waals surface area contributed by atoms with E-state index >= 15 is 0 Å². The molecule has 0 N–H and O–H groups in total. The van der Waals surface area contributed by atoms with Crippen LogP contribution >= 0.6 is 0 Å². The molecular formula is C19H24O. The van der Waals surface area contributed by atoms with E-state index in [0.717, 1.165) is 24.3 Å². The van der Waals surface area contributed by atoms with Gasteiger partial charge in [0, 0.05) is 6.42 Å². The monoisotopic (exact) mass is 268 g/mol. The van der Waals surface area contributed by atoms with Gasteiger partial charge in [-0.25, -0.2) is 0 Å². The lowest BCUT2D eigenvalue weighted by atomic mass is 9.70. The van der Waals surface area contributed by atoms with Crippen LogP contribution in [-0.4, -0.2) is 5.78 Å². The zero-order valence-corrected chi connectivity index (χ0v) is 12.2. The average Bonchev–Trinajstić information content (AvgIpc) is 2.51. The number of benzene rings is 1. The van der Waals surface area contributed by atoms with Crippen molar-refractivity contribution in [2.45, 2.75) is 51.4 Å². The molecule has 0 spiro atoms. The number of rotatable bonds is 2. The standard InChI is InChI=1S/C19H24O/c20-19-13-7-12-17(16-10-5-2-6-11-16)18(19)14-15-8-3-1-4-9-15/h1,3-4,8-9,14,16-17H,2,5-7,10-13H2/b18-14-. The maximum Gasteiger partial charge on any atom is 0.159 e. The Labute approximate surface area is 122 Å².